The second kappa shape index (κ2) is 3.13. The van der Waals surface area contributed by atoms with E-state index in [0.717, 1.165) is 23.7 Å². The summed E-state index contributed by atoms with van der Waals surface area (Å²) in [5, 5.41) is 9.09. The second-order valence-electron chi connectivity index (χ2n) is 6.63. The molecule has 1 heteroatoms. The highest BCUT2D eigenvalue weighted by molar-refractivity contribution is 5.20. The number of nitriles is 1. The van der Waals surface area contributed by atoms with Gasteiger partial charge in [0.15, 0.2) is 0 Å². The first-order valence-corrected chi connectivity index (χ1v) is 6.62. The Labute approximate surface area is 98.5 Å². The number of rotatable bonds is 1. The van der Waals surface area contributed by atoms with Crippen molar-refractivity contribution in [3.05, 3.63) is 12.2 Å². The van der Waals surface area contributed by atoms with E-state index in [1.807, 2.05) is 0 Å². The van der Waals surface area contributed by atoms with Gasteiger partial charge in [0.2, 0.25) is 0 Å². The maximum atomic E-state index is 9.09. The van der Waals surface area contributed by atoms with Crippen LogP contribution in [0.4, 0.5) is 0 Å². The molecule has 0 aromatic carbocycles. The normalized spacial score (nSPS) is 53.7. The zero-order valence-electron chi connectivity index (χ0n) is 10.4. The highest BCUT2D eigenvalue weighted by Gasteiger charge is 2.60. The third-order valence-electron chi connectivity index (χ3n) is 6.00. The monoisotopic (exact) mass is 215 g/mol. The van der Waals surface area contributed by atoms with Crippen molar-refractivity contribution in [3.8, 4) is 6.07 Å². The second-order valence-corrected chi connectivity index (χ2v) is 6.63. The van der Waals surface area contributed by atoms with E-state index in [2.05, 4.69) is 26.5 Å². The summed E-state index contributed by atoms with van der Waals surface area (Å²) >= 11 is 0. The molecular weight excluding hydrogens is 194 g/mol. The Balaban J connectivity index is 1.88. The molecule has 0 N–H and O–H groups in total. The number of nitrogens with zero attached hydrogens (tertiary/aromatic N) is 1. The van der Waals surface area contributed by atoms with Gasteiger partial charge >= 0.3 is 0 Å². The zero-order valence-corrected chi connectivity index (χ0v) is 10.4. The zero-order chi connectivity index (χ0) is 11.5. The average Bonchev–Trinajstić information content (AvgIpc) is 2.85. The van der Waals surface area contributed by atoms with E-state index in [1.165, 1.54) is 31.3 Å². The van der Waals surface area contributed by atoms with Gasteiger partial charge in [-0.1, -0.05) is 19.1 Å². The molecule has 3 aliphatic carbocycles. The molecule has 0 radical (unpaired) electrons. The molecular formula is C15H21N. The molecule has 1 nitrogen and oxygen atoms in total. The summed E-state index contributed by atoms with van der Waals surface area (Å²) in [6.07, 6.45) is 5.11. The fourth-order valence-electron chi connectivity index (χ4n) is 5.04. The molecule has 3 saturated carbocycles. The van der Waals surface area contributed by atoms with Gasteiger partial charge < -0.3 is 0 Å². The molecule has 16 heavy (non-hydrogen) atoms. The summed E-state index contributed by atoms with van der Waals surface area (Å²) in [5.41, 5.74) is 1.76. The van der Waals surface area contributed by atoms with E-state index in [4.69, 9.17) is 5.26 Å². The summed E-state index contributed by atoms with van der Waals surface area (Å²) in [4.78, 5) is 0. The molecule has 0 amide bonds. The van der Waals surface area contributed by atoms with Crippen molar-refractivity contribution in [1.82, 2.24) is 0 Å². The lowest BCUT2D eigenvalue weighted by atomic mass is 9.64. The van der Waals surface area contributed by atoms with Crippen LogP contribution in [0.3, 0.4) is 0 Å². The van der Waals surface area contributed by atoms with Crippen molar-refractivity contribution in [3.63, 3.8) is 0 Å². The van der Waals surface area contributed by atoms with E-state index in [0.29, 0.717) is 11.3 Å². The maximum Gasteiger partial charge on any atom is 0.0656 e. The van der Waals surface area contributed by atoms with Crippen LogP contribution >= 0.6 is 0 Å². The third-order valence-corrected chi connectivity index (χ3v) is 6.00. The van der Waals surface area contributed by atoms with Crippen molar-refractivity contribution in [2.24, 2.45) is 35.0 Å². The van der Waals surface area contributed by atoms with Crippen molar-refractivity contribution in [1.29, 1.82) is 5.26 Å². The molecule has 3 rings (SSSR count). The summed E-state index contributed by atoms with van der Waals surface area (Å²) in [6.45, 7) is 8.83. The summed E-state index contributed by atoms with van der Waals surface area (Å²) in [5.74, 6) is 3.80. The van der Waals surface area contributed by atoms with Gasteiger partial charge in [-0.3, -0.25) is 0 Å². The molecule has 6 unspecified atom stereocenters. The standard InChI is InChI=1S/C15H21N/c1-9(2)15(3)7-11-6-14(15)13-5-10(8-16)4-12(11)13/h10-14H,1,4-7H2,2-3H3. The van der Waals surface area contributed by atoms with E-state index in [1.54, 1.807) is 0 Å². The van der Waals surface area contributed by atoms with Crippen LogP contribution < -0.4 is 0 Å². The Morgan fingerprint density at radius 3 is 2.62 bits per heavy atom. The van der Waals surface area contributed by atoms with Crippen molar-refractivity contribution in [2.75, 3.05) is 0 Å². The molecule has 3 aliphatic rings. The van der Waals surface area contributed by atoms with E-state index in [9.17, 15) is 0 Å². The summed E-state index contributed by atoms with van der Waals surface area (Å²) < 4.78 is 0. The number of allylic oxidation sites excluding steroid dienone is 1. The lowest BCUT2D eigenvalue weighted by molar-refractivity contribution is 0.133. The fraction of sp³-hybridized carbons (Fsp3) is 0.800. The first-order chi connectivity index (χ1) is 7.56. The average molecular weight is 215 g/mol. The minimum absolute atomic E-state index is 0.354. The van der Waals surface area contributed by atoms with Gasteiger partial charge in [-0.15, -0.1) is 0 Å². The van der Waals surface area contributed by atoms with Crippen LogP contribution in [0.15, 0.2) is 12.2 Å². The lowest BCUT2D eigenvalue weighted by Gasteiger charge is -2.41. The largest absolute Gasteiger partial charge is 0.198 e. The van der Waals surface area contributed by atoms with Crippen LogP contribution in [0, 0.1) is 46.3 Å². The third kappa shape index (κ3) is 1.11. The van der Waals surface area contributed by atoms with Crippen molar-refractivity contribution in [2.45, 2.75) is 39.5 Å². The first kappa shape index (κ1) is 10.4. The molecule has 0 aliphatic heterocycles. The van der Waals surface area contributed by atoms with Gasteiger partial charge in [0.05, 0.1) is 6.07 Å². The highest BCUT2D eigenvalue weighted by Crippen LogP contribution is 2.67. The van der Waals surface area contributed by atoms with Crippen molar-refractivity contribution >= 4 is 0 Å². The van der Waals surface area contributed by atoms with Gasteiger partial charge in [-0.25, -0.2) is 0 Å². The topological polar surface area (TPSA) is 23.8 Å². The minimum Gasteiger partial charge on any atom is -0.198 e. The van der Waals surface area contributed by atoms with Gasteiger partial charge in [0, 0.05) is 5.92 Å². The quantitative estimate of drug-likeness (QED) is 0.611. The molecule has 6 atom stereocenters. The van der Waals surface area contributed by atoms with Crippen LogP contribution in [0.25, 0.3) is 0 Å². The van der Waals surface area contributed by atoms with Crippen LogP contribution in [0.2, 0.25) is 0 Å². The summed E-state index contributed by atoms with van der Waals surface area (Å²) in [7, 11) is 0. The predicted molar refractivity (Wildman–Crippen MR) is 64.5 cm³/mol. The number of fused-ring (bicyclic) bond motifs is 5. The lowest BCUT2D eigenvalue weighted by Crippen LogP contribution is -2.33. The van der Waals surface area contributed by atoms with Crippen LogP contribution in [0.5, 0.6) is 0 Å². The Morgan fingerprint density at radius 2 is 2.00 bits per heavy atom. The molecule has 86 valence electrons. The van der Waals surface area contributed by atoms with Gasteiger partial charge in [-0.05, 0) is 61.7 Å². The SMILES string of the molecule is C=C(C)C1(C)CC2CC1C1CC(C#N)CC21. The van der Waals surface area contributed by atoms with Gasteiger partial charge in [0.25, 0.3) is 0 Å². The number of hydrogen-bond donors (Lipinski definition) is 0. The predicted octanol–water partition coefficient (Wildman–Crippen LogP) is 3.77. The summed E-state index contributed by atoms with van der Waals surface area (Å²) in [6, 6.07) is 2.50. The Kier molecular flexibility index (Phi) is 2.03. The Morgan fingerprint density at radius 1 is 1.31 bits per heavy atom. The number of hydrogen-bond acceptors (Lipinski definition) is 1. The first-order valence-electron chi connectivity index (χ1n) is 6.62. The maximum absolute atomic E-state index is 9.09. The molecule has 0 aromatic heterocycles. The van der Waals surface area contributed by atoms with Crippen LogP contribution in [-0.4, -0.2) is 0 Å². The molecule has 0 aromatic rings. The smallest absolute Gasteiger partial charge is 0.0656 e. The minimum atomic E-state index is 0.354. The molecule has 0 saturated heterocycles. The highest BCUT2D eigenvalue weighted by atomic mass is 14.6. The van der Waals surface area contributed by atoms with Gasteiger partial charge in [0.1, 0.15) is 0 Å². The molecule has 0 heterocycles. The van der Waals surface area contributed by atoms with E-state index in [-0.39, 0.29) is 0 Å². The molecule has 2 bridgehead atoms. The van der Waals surface area contributed by atoms with E-state index >= 15 is 0 Å². The van der Waals surface area contributed by atoms with E-state index < -0.39 is 0 Å². The van der Waals surface area contributed by atoms with Crippen molar-refractivity contribution < 1.29 is 0 Å². The van der Waals surface area contributed by atoms with Gasteiger partial charge in [-0.2, -0.15) is 5.26 Å². The fourth-order valence-corrected chi connectivity index (χ4v) is 5.04. The van der Waals surface area contributed by atoms with Crippen LogP contribution in [0.1, 0.15) is 39.5 Å². The Bertz CT molecular complexity index is 377. The Hall–Kier alpha value is -0.770. The molecule has 3 fully saturated rings. The molecule has 0 spiro atoms. The van der Waals surface area contributed by atoms with Crippen LogP contribution in [-0.2, 0) is 0 Å².